The molecular formula is C17H24O4. The number of carboxylic acids is 1. The summed E-state index contributed by atoms with van der Waals surface area (Å²) in [6.07, 6.45) is 3.70. The van der Waals surface area contributed by atoms with Gasteiger partial charge in [0.2, 0.25) is 0 Å². The summed E-state index contributed by atoms with van der Waals surface area (Å²) in [5.41, 5.74) is 1.17. The van der Waals surface area contributed by atoms with Gasteiger partial charge in [-0.15, -0.1) is 0 Å². The third kappa shape index (κ3) is 5.14. The molecular weight excluding hydrogens is 268 g/mol. The number of carboxylic acid groups (broad SMARTS) is 1. The normalized spacial score (nSPS) is 11.6. The van der Waals surface area contributed by atoms with Crippen molar-refractivity contribution < 1.29 is 19.4 Å². The van der Waals surface area contributed by atoms with E-state index in [0.717, 1.165) is 18.4 Å². The third-order valence-corrected chi connectivity index (χ3v) is 3.13. The van der Waals surface area contributed by atoms with Crippen LogP contribution < -0.4 is 9.47 Å². The Morgan fingerprint density at radius 2 is 2.05 bits per heavy atom. The number of ether oxygens (including phenoxy) is 2. The van der Waals surface area contributed by atoms with Crippen molar-refractivity contribution in [3.8, 4) is 11.5 Å². The largest absolute Gasteiger partial charge is 0.493 e. The zero-order valence-corrected chi connectivity index (χ0v) is 13.2. The Bertz CT molecular complexity index is 504. The molecule has 0 aromatic heterocycles. The molecule has 1 rings (SSSR count). The lowest BCUT2D eigenvalue weighted by atomic mass is 10.0. The van der Waals surface area contributed by atoms with Gasteiger partial charge in [-0.25, -0.2) is 4.79 Å². The second kappa shape index (κ2) is 8.35. The van der Waals surface area contributed by atoms with Gasteiger partial charge in [0.1, 0.15) is 0 Å². The van der Waals surface area contributed by atoms with Crippen LogP contribution in [0.1, 0.15) is 39.2 Å². The summed E-state index contributed by atoms with van der Waals surface area (Å²) < 4.78 is 11.0. The zero-order chi connectivity index (χ0) is 15.8. The lowest BCUT2D eigenvalue weighted by Crippen LogP contribution is -2.06. The molecule has 1 N–H and O–H groups in total. The van der Waals surface area contributed by atoms with Crippen molar-refractivity contribution in [1.82, 2.24) is 0 Å². The van der Waals surface area contributed by atoms with Crippen LogP contribution in [-0.2, 0) is 4.79 Å². The highest BCUT2D eigenvalue weighted by molar-refractivity contribution is 5.92. The van der Waals surface area contributed by atoms with Gasteiger partial charge in [0.25, 0.3) is 0 Å². The maximum Gasteiger partial charge on any atom is 0.331 e. The average Bonchev–Trinajstić information content (AvgIpc) is 2.44. The molecule has 1 aromatic carbocycles. The summed E-state index contributed by atoms with van der Waals surface area (Å²) in [6.45, 7) is 6.45. The Morgan fingerprint density at radius 3 is 2.57 bits per heavy atom. The van der Waals surface area contributed by atoms with Crippen molar-refractivity contribution in [2.45, 2.75) is 33.6 Å². The topological polar surface area (TPSA) is 55.8 Å². The Balaban J connectivity index is 3.06. The van der Waals surface area contributed by atoms with Crippen molar-refractivity contribution in [3.63, 3.8) is 0 Å². The minimum Gasteiger partial charge on any atom is -0.493 e. The first-order valence-corrected chi connectivity index (χ1v) is 7.25. The minimum atomic E-state index is -0.894. The summed E-state index contributed by atoms with van der Waals surface area (Å²) in [4.78, 5) is 11.2. The van der Waals surface area contributed by atoms with E-state index in [2.05, 4.69) is 6.92 Å². The highest BCUT2D eigenvalue weighted by Gasteiger charge is 2.12. The van der Waals surface area contributed by atoms with Crippen LogP contribution in [0.2, 0.25) is 0 Å². The molecule has 4 heteroatoms. The van der Waals surface area contributed by atoms with Gasteiger partial charge >= 0.3 is 5.97 Å². The molecule has 0 atom stereocenters. The molecule has 0 spiro atoms. The highest BCUT2D eigenvalue weighted by Crippen LogP contribution is 2.29. The Labute approximate surface area is 126 Å². The fraction of sp³-hybridized carbons (Fsp3) is 0.471. The first kappa shape index (κ1) is 17.1. The molecule has 0 heterocycles. The number of rotatable bonds is 8. The number of aliphatic carboxylic acids is 1. The lowest BCUT2D eigenvalue weighted by Gasteiger charge is -2.12. The molecule has 0 amide bonds. The van der Waals surface area contributed by atoms with Gasteiger partial charge in [-0.1, -0.05) is 33.3 Å². The van der Waals surface area contributed by atoms with E-state index in [4.69, 9.17) is 9.47 Å². The maximum absolute atomic E-state index is 11.2. The molecule has 0 unspecified atom stereocenters. The second-order valence-corrected chi connectivity index (χ2v) is 5.17. The van der Waals surface area contributed by atoms with Crippen LogP contribution in [0.15, 0.2) is 23.8 Å². The highest BCUT2D eigenvalue weighted by atomic mass is 16.5. The van der Waals surface area contributed by atoms with Crippen LogP contribution in [0.5, 0.6) is 11.5 Å². The lowest BCUT2D eigenvalue weighted by molar-refractivity contribution is -0.133. The van der Waals surface area contributed by atoms with Gasteiger partial charge in [0.05, 0.1) is 13.7 Å². The van der Waals surface area contributed by atoms with E-state index < -0.39 is 5.97 Å². The second-order valence-electron chi connectivity index (χ2n) is 5.17. The number of hydrogen-bond donors (Lipinski definition) is 1. The van der Waals surface area contributed by atoms with Gasteiger partial charge in [0.15, 0.2) is 11.5 Å². The van der Waals surface area contributed by atoms with Crippen molar-refractivity contribution in [2.75, 3.05) is 13.7 Å². The smallest absolute Gasteiger partial charge is 0.331 e. The van der Waals surface area contributed by atoms with E-state index in [1.807, 2.05) is 26.0 Å². The van der Waals surface area contributed by atoms with Crippen LogP contribution in [0.3, 0.4) is 0 Å². The number of hydrogen-bond acceptors (Lipinski definition) is 3. The van der Waals surface area contributed by atoms with E-state index in [1.165, 1.54) is 0 Å². The van der Waals surface area contributed by atoms with E-state index >= 15 is 0 Å². The van der Waals surface area contributed by atoms with Gasteiger partial charge in [0, 0.05) is 5.57 Å². The maximum atomic E-state index is 11.2. The van der Waals surface area contributed by atoms with Crippen molar-refractivity contribution in [2.24, 2.45) is 5.92 Å². The van der Waals surface area contributed by atoms with Gasteiger partial charge in [-0.3, -0.25) is 0 Å². The van der Waals surface area contributed by atoms with Gasteiger partial charge in [-0.05, 0) is 36.1 Å². The van der Waals surface area contributed by atoms with Crippen LogP contribution in [-0.4, -0.2) is 24.8 Å². The summed E-state index contributed by atoms with van der Waals surface area (Å²) >= 11 is 0. The first-order valence-electron chi connectivity index (χ1n) is 7.25. The van der Waals surface area contributed by atoms with E-state index in [1.54, 1.807) is 19.3 Å². The molecule has 0 aliphatic heterocycles. The SMILES string of the molecule is CCCCOc1cc(/C=C(/C(=O)O)C(C)C)ccc1OC. The van der Waals surface area contributed by atoms with Crippen molar-refractivity contribution in [1.29, 1.82) is 0 Å². The van der Waals surface area contributed by atoms with Crippen LogP contribution in [0.4, 0.5) is 0 Å². The van der Waals surface area contributed by atoms with E-state index in [9.17, 15) is 9.90 Å². The molecule has 4 nitrogen and oxygen atoms in total. The quantitative estimate of drug-likeness (QED) is 0.581. The molecule has 0 aliphatic carbocycles. The monoisotopic (exact) mass is 292 g/mol. The van der Waals surface area contributed by atoms with Crippen LogP contribution in [0, 0.1) is 5.92 Å². The first-order chi connectivity index (χ1) is 9.99. The molecule has 0 saturated heterocycles. The zero-order valence-electron chi connectivity index (χ0n) is 13.2. The van der Waals surface area contributed by atoms with Gasteiger partial charge in [-0.2, -0.15) is 0 Å². The number of carbonyl (C=O) groups is 1. The number of unbranched alkanes of at least 4 members (excludes halogenated alkanes) is 1. The standard InChI is InChI=1S/C17H24O4/c1-5-6-9-21-16-11-13(7-8-15(16)20-4)10-14(12(2)3)17(18)19/h7-8,10-12H,5-6,9H2,1-4H3,(H,18,19)/b14-10+. The molecule has 0 bridgehead atoms. The molecule has 0 aliphatic rings. The number of benzene rings is 1. The van der Waals surface area contributed by atoms with Crippen molar-refractivity contribution in [3.05, 3.63) is 29.3 Å². The summed E-state index contributed by atoms with van der Waals surface area (Å²) in [7, 11) is 1.59. The molecule has 0 saturated carbocycles. The van der Waals surface area contributed by atoms with Crippen LogP contribution >= 0.6 is 0 Å². The molecule has 21 heavy (non-hydrogen) atoms. The Hall–Kier alpha value is -1.97. The van der Waals surface area contributed by atoms with Crippen LogP contribution in [0.25, 0.3) is 6.08 Å². The summed E-state index contributed by atoms with van der Waals surface area (Å²) in [5.74, 6) is 0.362. The summed E-state index contributed by atoms with van der Waals surface area (Å²) in [6, 6.07) is 5.45. The predicted octanol–water partition coefficient (Wildman–Crippen LogP) is 4.00. The van der Waals surface area contributed by atoms with Gasteiger partial charge < -0.3 is 14.6 Å². The predicted molar refractivity (Wildman–Crippen MR) is 83.8 cm³/mol. The Kier molecular flexibility index (Phi) is 6.79. The summed E-state index contributed by atoms with van der Waals surface area (Å²) in [5, 5.41) is 9.22. The number of methoxy groups -OCH3 is 1. The average molecular weight is 292 g/mol. The molecule has 1 aromatic rings. The molecule has 0 radical (unpaired) electrons. The van der Waals surface area contributed by atoms with E-state index in [-0.39, 0.29) is 5.92 Å². The Morgan fingerprint density at radius 1 is 1.33 bits per heavy atom. The van der Waals surface area contributed by atoms with E-state index in [0.29, 0.717) is 23.7 Å². The fourth-order valence-corrected chi connectivity index (χ4v) is 1.88. The minimum absolute atomic E-state index is 0.0472. The van der Waals surface area contributed by atoms with Crippen molar-refractivity contribution >= 4 is 12.0 Å². The molecule has 116 valence electrons. The molecule has 0 fully saturated rings. The third-order valence-electron chi connectivity index (χ3n) is 3.13. The fourth-order valence-electron chi connectivity index (χ4n) is 1.88.